The Labute approximate surface area is 163 Å². The maximum Gasteiger partial charge on any atom is 0.230 e. The Kier molecular flexibility index (Phi) is 5.68. The molecule has 3 aromatic rings. The van der Waals surface area contributed by atoms with Crippen LogP contribution in [0.4, 0.5) is 5.13 Å². The molecule has 0 bridgehead atoms. The summed E-state index contributed by atoms with van der Waals surface area (Å²) in [5.74, 6) is -0.548. The summed E-state index contributed by atoms with van der Waals surface area (Å²) in [5, 5.41) is 12.7. The van der Waals surface area contributed by atoms with Crippen LogP contribution in [0.1, 0.15) is 42.9 Å². The lowest BCUT2D eigenvalue weighted by Crippen LogP contribution is -2.30. The molecule has 2 atom stereocenters. The normalized spacial score (nSPS) is 13.8. The summed E-state index contributed by atoms with van der Waals surface area (Å²) < 4.78 is 0. The molecule has 2 unspecified atom stereocenters. The minimum atomic E-state index is -0.387. The van der Waals surface area contributed by atoms with E-state index in [2.05, 4.69) is 41.5 Å². The highest BCUT2D eigenvalue weighted by Gasteiger charge is 2.29. The molecule has 0 aliphatic carbocycles. The second kappa shape index (κ2) is 7.98. The zero-order valence-electron chi connectivity index (χ0n) is 15.7. The average molecular weight is 381 g/mol. The average Bonchev–Trinajstić information content (AvgIpc) is 3.17. The van der Waals surface area contributed by atoms with Crippen molar-refractivity contribution in [2.75, 3.05) is 5.32 Å². The van der Waals surface area contributed by atoms with E-state index in [9.17, 15) is 4.79 Å². The van der Waals surface area contributed by atoms with Gasteiger partial charge in [-0.25, -0.2) is 0 Å². The third kappa shape index (κ3) is 4.23. The summed E-state index contributed by atoms with van der Waals surface area (Å²) in [7, 11) is 0. The molecule has 0 radical (unpaired) electrons. The fourth-order valence-corrected chi connectivity index (χ4v) is 3.72. The molecule has 140 valence electrons. The van der Waals surface area contributed by atoms with E-state index in [4.69, 9.17) is 5.73 Å². The SMILES string of the molecule is CC(C(=O)Nc1nnc(C(C)(C)c2ccccc2)s1)C(N)c1ccccc1. The molecule has 3 N–H and O–H groups in total. The van der Waals surface area contributed by atoms with Crippen LogP contribution in [0.5, 0.6) is 0 Å². The van der Waals surface area contributed by atoms with E-state index in [1.807, 2.05) is 55.5 Å². The summed E-state index contributed by atoms with van der Waals surface area (Å²) >= 11 is 1.39. The number of rotatable bonds is 6. The Hall–Kier alpha value is -2.57. The van der Waals surface area contributed by atoms with E-state index < -0.39 is 0 Å². The van der Waals surface area contributed by atoms with Crippen molar-refractivity contribution in [1.29, 1.82) is 0 Å². The molecule has 2 aromatic carbocycles. The molecule has 0 fully saturated rings. The molecule has 27 heavy (non-hydrogen) atoms. The van der Waals surface area contributed by atoms with Gasteiger partial charge in [0.15, 0.2) is 0 Å². The Morgan fingerprint density at radius 3 is 2.26 bits per heavy atom. The van der Waals surface area contributed by atoms with Crippen molar-refractivity contribution < 1.29 is 4.79 Å². The summed E-state index contributed by atoms with van der Waals surface area (Å²) in [6.45, 7) is 6.02. The second-order valence-electron chi connectivity index (χ2n) is 7.12. The van der Waals surface area contributed by atoms with Gasteiger partial charge in [0.1, 0.15) is 5.01 Å². The summed E-state index contributed by atoms with van der Waals surface area (Å²) in [4.78, 5) is 12.6. The van der Waals surface area contributed by atoms with Gasteiger partial charge in [-0.2, -0.15) is 0 Å². The molecule has 5 nitrogen and oxygen atoms in total. The maximum atomic E-state index is 12.6. The van der Waals surface area contributed by atoms with Crippen LogP contribution in [0.25, 0.3) is 0 Å². The third-order valence-electron chi connectivity index (χ3n) is 4.82. The number of nitrogens with two attached hydrogens (primary N) is 1. The summed E-state index contributed by atoms with van der Waals surface area (Å²) in [5.41, 5.74) is 8.05. The van der Waals surface area contributed by atoms with Crippen LogP contribution in [-0.4, -0.2) is 16.1 Å². The summed E-state index contributed by atoms with van der Waals surface area (Å²) in [6.07, 6.45) is 0. The highest BCUT2D eigenvalue weighted by atomic mass is 32.1. The van der Waals surface area contributed by atoms with E-state index in [-0.39, 0.29) is 23.3 Å². The Morgan fingerprint density at radius 2 is 1.63 bits per heavy atom. The van der Waals surface area contributed by atoms with Crippen LogP contribution < -0.4 is 11.1 Å². The number of hydrogen-bond donors (Lipinski definition) is 2. The van der Waals surface area contributed by atoms with E-state index in [0.29, 0.717) is 5.13 Å². The number of carbonyl (C=O) groups is 1. The first-order valence-electron chi connectivity index (χ1n) is 8.90. The summed E-state index contributed by atoms with van der Waals surface area (Å²) in [6, 6.07) is 19.4. The van der Waals surface area contributed by atoms with E-state index in [1.165, 1.54) is 11.3 Å². The minimum absolute atomic E-state index is 0.161. The van der Waals surface area contributed by atoms with E-state index in [0.717, 1.165) is 16.1 Å². The zero-order valence-corrected chi connectivity index (χ0v) is 16.5. The first kappa shape index (κ1) is 19.2. The van der Waals surface area contributed by atoms with Crippen molar-refractivity contribution in [2.45, 2.75) is 32.2 Å². The molecule has 0 saturated carbocycles. The van der Waals surface area contributed by atoms with Crippen LogP contribution in [0, 0.1) is 5.92 Å². The fourth-order valence-electron chi connectivity index (χ4n) is 2.85. The quantitative estimate of drug-likeness (QED) is 0.673. The van der Waals surface area contributed by atoms with E-state index in [1.54, 1.807) is 0 Å². The van der Waals surface area contributed by atoms with E-state index >= 15 is 0 Å². The van der Waals surface area contributed by atoms with Gasteiger partial charge in [0.2, 0.25) is 11.0 Å². The number of amides is 1. The molecule has 1 heterocycles. The largest absolute Gasteiger partial charge is 0.323 e. The maximum absolute atomic E-state index is 12.6. The van der Waals surface area contributed by atoms with Gasteiger partial charge in [-0.1, -0.05) is 78.9 Å². The van der Waals surface area contributed by atoms with Crippen LogP contribution >= 0.6 is 11.3 Å². The number of anilines is 1. The number of nitrogens with zero attached hydrogens (tertiary/aromatic N) is 2. The highest BCUT2D eigenvalue weighted by molar-refractivity contribution is 7.15. The predicted molar refractivity (Wildman–Crippen MR) is 110 cm³/mol. The molecule has 0 aliphatic rings. The van der Waals surface area contributed by atoms with Crippen LogP contribution in [-0.2, 0) is 10.2 Å². The molecule has 0 spiro atoms. The van der Waals surface area contributed by atoms with Crippen LogP contribution in [0.2, 0.25) is 0 Å². The highest BCUT2D eigenvalue weighted by Crippen LogP contribution is 2.34. The van der Waals surface area contributed by atoms with Crippen LogP contribution in [0.3, 0.4) is 0 Å². The second-order valence-corrected chi connectivity index (χ2v) is 8.10. The van der Waals surface area contributed by atoms with Crippen molar-refractivity contribution >= 4 is 22.4 Å². The monoisotopic (exact) mass is 380 g/mol. The molecule has 1 aromatic heterocycles. The van der Waals surface area contributed by atoms with Gasteiger partial charge in [-0.3, -0.25) is 4.79 Å². The number of nitrogens with one attached hydrogen (secondary N) is 1. The standard InChI is InChI=1S/C21H24N4OS/c1-14(17(22)15-10-6-4-7-11-15)18(26)23-20-25-24-19(27-20)21(2,3)16-12-8-5-9-13-16/h4-14,17H,22H2,1-3H3,(H,23,25,26). The molecule has 3 rings (SSSR count). The zero-order chi connectivity index (χ0) is 19.4. The molecule has 0 saturated heterocycles. The molecular weight excluding hydrogens is 356 g/mol. The minimum Gasteiger partial charge on any atom is -0.323 e. The first-order chi connectivity index (χ1) is 12.9. The lowest BCUT2D eigenvalue weighted by molar-refractivity contribution is -0.120. The lowest BCUT2D eigenvalue weighted by Gasteiger charge is -2.21. The molecule has 0 aliphatic heterocycles. The molecule has 1 amide bonds. The molecular formula is C21H24N4OS. The van der Waals surface area contributed by atoms with Crippen molar-refractivity contribution in [3.8, 4) is 0 Å². The van der Waals surface area contributed by atoms with Gasteiger partial charge in [0.05, 0.1) is 5.92 Å². The van der Waals surface area contributed by atoms with Gasteiger partial charge in [0.25, 0.3) is 0 Å². The Bertz CT molecular complexity index is 893. The Morgan fingerprint density at radius 1 is 1.04 bits per heavy atom. The predicted octanol–water partition coefficient (Wildman–Crippen LogP) is 4.14. The molecule has 6 heteroatoms. The van der Waals surface area contributed by atoms with Gasteiger partial charge in [0, 0.05) is 11.5 Å². The lowest BCUT2D eigenvalue weighted by atomic mass is 9.85. The first-order valence-corrected chi connectivity index (χ1v) is 9.72. The van der Waals surface area contributed by atoms with Crippen molar-refractivity contribution in [2.24, 2.45) is 11.7 Å². The fraction of sp³-hybridized carbons (Fsp3) is 0.286. The van der Waals surface area contributed by atoms with Gasteiger partial charge in [-0.05, 0) is 25.0 Å². The van der Waals surface area contributed by atoms with Gasteiger partial charge < -0.3 is 11.1 Å². The number of hydrogen-bond acceptors (Lipinski definition) is 5. The number of carbonyl (C=O) groups excluding carboxylic acids is 1. The van der Waals surface area contributed by atoms with Crippen molar-refractivity contribution in [3.05, 3.63) is 76.8 Å². The van der Waals surface area contributed by atoms with Crippen molar-refractivity contribution in [1.82, 2.24) is 10.2 Å². The smallest absolute Gasteiger partial charge is 0.230 e. The van der Waals surface area contributed by atoms with Crippen LogP contribution in [0.15, 0.2) is 60.7 Å². The van der Waals surface area contributed by atoms with Gasteiger partial charge in [-0.15, -0.1) is 10.2 Å². The third-order valence-corrected chi connectivity index (χ3v) is 5.98. The topological polar surface area (TPSA) is 80.9 Å². The number of benzene rings is 2. The van der Waals surface area contributed by atoms with Crippen molar-refractivity contribution in [3.63, 3.8) is 0 Å². The van der Waals surface area contributed by atoms with Gasteiger partial charge >= 0.3 is 0 Å². The number of aromatic nitrogens is 2. The Balaban J connectivity index is 1.71.